The predicted molar refractivity (Wildman–Crippen MR) is 94.2 cm³/mol. The molecule has 0 fully saturated rings. The second-order valence-electron chi connectivity index (χ2n) is 5.35. The predicted octanol–water partition coefficient (Wildman–Crippen LogP) is 2.41. The lowest BCUT2D eigenvalue weighted by atomic mass is 10.1. The first-order valence-electron chi connectivity index (χ1n) is 7.83. The standard InChI is InChI=1S/C19H22N2O3/c1-15(22)21(17-10-6-7-11-18(17)24-2)13-12-20-19(23)14-16-8-4-3-5-9-16/h3-11H,12-14H2,1-2H3,(H,20,23). The molecule has 0 aromatic heterocycles. The lowest BCUT2D eigenvalue weighted by Crippen LogP contribution is -2.38. The number of methoxy groups -OCH3 is 1. The maximum atomic E-state index is 12.0. The van der Waals surface area contributed by atoms with Crippen molar-refractivity contribution in [2.24, 2.45) is 0 Å². The van der Waals surface area contributed by atoms with Crippen LogP contribution >= 0.6 is 0 Å². The fourth-order valence-electron chi connectivity index (χ4n) is 2.45. The highest BCUT2D eigenvalue weighted by Crippen LogP contribution is 2.27. The normalized spacial score (nSPS) is 10.1. The lowest BCUT2D eigenvalue weighted by Gasteiger charge is -2.23. The highest BCUT2D eigenvalue weighted by molar-refractivity contribution is 5.93. The van der Waals surface area contributed by atoms with Gasteiger partial charge in [-0.3, -0.25) is 9.59 Å². The summed E-state index contributed by atoms with van der Waals surface area (Å²) in [6, 6.07) is 16.9. The van der Waals surface area contributed by atoms with Crippen LogP contribution in [-0.4, -0.2) is 32.0 Å². The van der Waals surface area contributed by atoms with Gasteiger partial charge in [-0.2, -0.15) is 0 Å². The van der Waals surface area contributed by atoms with Crippen molar-refractivity contribution in [1.82, 2.24) is 5.32 Å². The van der Waals surface area contributed by atoms with Crippen LogP contribution in [0.3, 0.4) is 0 Å². The number of hydrogen-bond acceptors (Lipinski definition) is 3. The van der Waals surface area contributed by atoms with E-state index in [4.69, 9.17) is 4.74 Å². The van der Waals surface area contributed by atoms with Crippen molar-refractivity contribution in [3.05, 3.63) is 60.2 Å². The molecular weight excluding hydrogens is 304 g/mol. The summed E-state index contributed by atoms with van der Waals surface area (Å²) in [4.78, 5) is 25.5. The van der Waals surface area contributed by atoms with Crippen LogP contribution in [0.25, 0.3) is 0 Å². The Morgan fingerprint density at radius 3 is 2.38 bits per heavy atom. The van der Waals surface area contributed by atoms with Gasteiger partial charge in [0.1, 0.15) is 5.75 Å². The van der Waals surface area contributed by atoms with Crippen LogP contribution in [-0.2, 0) is 16.0 Å². The number of nitrogens with zero attached hydrogens (tertiary/aromatic N) is 1. The van der Waals surface area contributed by atoms with E-state index in [1.165, 1.54) is 6.92 Å². The molecule has 0 aliphatic carbocycles. The third-order valence-corrected chi connectivity index (χ3v) is 3.62. The monoisotopic (exact) mass is 326 g/mol. The van der Waals surface area contributed by atoms with E-state index in [-0.39, 0.29) is 11.8 Å². The summed E-state index contributed by atoms with van der Waals surface area (Å²) in [6.07, 6.45) is 0.329. The molecule has 0 unspecified atom stereocenters. The fraction of sp³-hybridized carbons (Fsp3) is 0.263. The number of nitrogens with one attached hydrogen (secondary N) is 1. The minimum atomic E-state index is -0.100. The van der Waals surface area contributed by atoms with Crippen molar-refractivity contribution in [1.29, 1.82) is 0 Å². The summed E-state index contributed by atoms with van der Waals surface area (Å²) < 4.78 is 5.30. The van der Waals surface area contributed by atoms with E-state index in [1.54, 1.807) is 18.1 Å². The van der Waals surface area contributed by atoms with Gasteiger partial charge in [0, 0.05) is 20.0 Å². The first-order chi connectivity index (χ1) is 11.6. The van der Waals surface area contributed by atoms with Crippen LogP contribution in [0, 0.1) is 0 Å². The third-order valence-electron chi connectivity index (χ3n) is 3.62. The van der Waals surface area contributed by atoms with Crippen molar-refractivity contribution in [3.8, 4) is 5.75 Å². The second-order valence-corrected chi connectivity index (χ2v) is 5.35. The van der Waals surface area contributed by atoms with Crippen molar-refractivity contribution in [3.63, 3.8) is 0 Å². The van der Waals surface area contributed by atoms with E-state index >= 15 is 0 Å². The van der Waals surface area contributed by atoms with E-state index in [2.05, 4.69) is 5.32 Å². The smallest absolute Gasteiger partial charge is 0.224 e. The number of amides is 2. The van der Waals surface area contributed by atoms with Gasteiger partial charge in [0.15, 0.2) is 0 Å². The minimum Gasteiger partial charge on any atom is -0.495 e. The summed E-state index contributed by atoms with van der Waals surface area (Å²) >= 11 is 0. The number of carbonyl (C=O) groups excluding carboxylic acids is 2. The fourth-order valence-corrected chi connectivity index (χ4v) is 2.45. The van der Waals surface area contributed by atoms with Crippen molar-refractivity contribution in [2.75, 3.05) is 25.1 Å². The van der Waals surface area contributed by atoms with E-state index in [9.17, 15) is 9.59 Å². The summed E-state index contributed by atoms with van der Waals surface area (Å²) in [5, 5.41) is 2.85. The molecule has 0 saturated heterocycles. The molecule has 2 amide bonds. The van der Waals surface area contributed by atoms with Gasteiger partial charge in [-0.25, -0.2) is 0 Å². The first kappa shape index (κ1) is 17.5. The molecule has 2 aromatic carbocycles. The molecular formula is C19H22N2O3. The zero-order chi connectivity index (χ0) is 17.4. The lowest BCUT2D eigenvalue weighted by molar-refractivity contribution is -0.121. The quantitative estimate of drug-likeness (QED) is 0.850. The Bertz CT molecular complexity index is 686. The van der Waals surface area contributed by atoms with Gasteiger partial charge in [0.25, 0.3) is 0 Å². The van der Waals surface area contributed by atoms with Crippen molar-refractivity contribution in [2.45, 2.75) is 13.3 Å². The van der Waals surface area contributed by atoms with Crippen LogP contribution in [0.5, 0.6) is 5.75 Å². The van der Waals surface area contributed by atoms with Crippen LogP contribution in [0.1, 0.15) is 12.5 Å². The van der Waals surface area contributed by atoms with Gasteiger partial charge in [0.2, 0.25) is 11.8 Å². The summed E-state index contributed by atoms with van der Waals surface area (Å²) in [7, 11) is 1.57. The molecule has 0 aliphatic rings. The molecule has 126 valence electrons. The van der Waals surface area contributed by atoms with Gasteiger partial charge in [-0.05, 0) is 17.7 Å². The molecule has 5 nitrogen and oxygen atoms in total. The SMILES string of the molecule is COc1ccccc1N(CCNC(=O)Cc1ccccc1)C(C)=O. The molecule has 0 spiro atoms. The molecule has 0 heterocycles. The Morgan fingerprint density at radius 1 is 1.04 bits per heavy atom. The van der Waals surface area contributed by atoms with Gasteiger partial charge in [-0.15, -0.1) is 0 Å². The average molecular weight is 326 g/mol. The van der Waals surface area contributed by atoms with E-state index in [0.717, 1.165) is 5.56 Å². The highest BCUT2D eigenvalue weighted by Gasteiger charge is 2.15. The molecule has 2 aromatic rings. The highest BCUT2D eigenvalue weighted by atomic mass is 16.5. The summed E-state index contributed by atoms with van der Waals surface area (Å²) in [5.74, 6) is 0.463. The number of benzene rings is 2. The molecule has 0 saturated carbocycles. The first-order valence-corrected chi connectivity index (χ1v) is 7.83. The number of hydrogen-bond donors (Lipinski definition) is 1. The Balaban J connectivity index is 1.92. The Morgan fingerprint density at radius 2 is 1.71 bits per heavy atom. The molecule has 0 bridgehead atoms. The Hall–Kier alpha value is -2.82. The van der Waals surface area contributed by atoms with Crippen LogP contribution < -0.4 is 15.0 Å². The van der Waals surface area contributed by atoms with E-state index in [1.807, 2.05) is 48.5 Å². The van der Waals surface area contributed by atoms with Crippen molar-refractivity contribution < 1.29 is 14.3 Å². The molecule has 5 heteroatoms. The van der Waals surface area contributed by atoms with Gasteiger partial charge in [-0.1, -0.05) is 42.5 Å². The summed E-state index contributed by atoms with van der Waals surface area (Å²) in [6.45, 7) is 2.26. The number of para-hydroxylation sites is 2. The van der Waals surface area contributed by atoms with Crippen LogP contribution in [0.2, 0.25) is 0 Å². The zero-order valence-corrected chi connectivity index (χ0v) is 14.0. The number of ether oxygens (including phenoxy) is 1. The second kappa shape index (κ2) is 8.72. The molecule has 0 aliphatic heterocycles. The maximum Gasteiger partial charge on any atom is 0.224 e. The van der Waals surface area contributed by atoms with Crippen molar-refractivity contribution >= 4 is 17.5 Å². The van der Waals surface area contributed by atoms with E-state index in [0.29, 0.717) is 30.9 Å². The minimum absolute atomic E-state index is 0.0651. The summed E-state index contributed by atoms with van der Waals surface area (Å²) in [5.41, 5.74) is 1.66. The molecule has 1 N–H and O–H groups in total. The average Bonchev–Trinajstić information content (AvgIpc) is 2.59. The molecule has 0 atom stereocenters. The molecule has 2 rings (SSSR count). The molecule has 0 radical (unpaired) electrons. The largest absolute Gasteiger partial charge is 0.495 e. The topological polar surface area (TPSA) is 58.6 Å². The van der Waals surface area contributed by atoms with Gasteiger partial charge >= 0.3 is 0 Å². The maximum absolute atomic E-state index is 12.0. The van der Waals surface area contributed by atoms with Crippen LogP contribution in [0.15, 0.2) is 54.6 Å². The zero-order valence-electron chi connectivity index (χ0n) is 14.0. The van der Waals surface area contributed by atoms with E-state index < -0.39 is 0 Å². The Kier molecular flexibility index (Phi) is 6.37. The molecule has 24 heavy (non-hydrogen) atoms. The van der Waals surface area contributed by atoms with Gasteiger partial charge in [0.05, 0.1) is 19.2 Å². The Labute approximate surface area is 142 Å². The van der Waals surface area contributed by atoms with Crippen LogP contribution in [0.4, 0.5) is 5.69 Å². The number of carbonyl (C=O) groups is 2. The third kappa shape index (κ3) is 4.84. The van der Waals surface area contributed by atoms with Gasteiger partial charge < -0.3 is 15.0 Å². The number of anilines is 1. The number of rotatable bonds is 7.